The van der Waals surface area contributed by atoms with Gasteiger partial charge in [-0.2, -0.15) is 0 Å². The van der Waals surface area contributed by atoms with E-state index >= 15 is 0 Å². The summed E-state index contributed by atoms with van der Waals surface area (Å²) in [6, 6.07) is -0.0803. The van der Waals surface area contributed by atoms with Gasteiger partial charge in [0.1, 0.15) is 6.10 Å². The molecule has 2 N–H and O–H groups in total. The highest BCUT2D eigenvalue weighted by Crippen LogP contribution is 2.28. The fourth-order valence-electron chi connectivity index (χ4n) is 3.99. The van der Waals surface area contributed by atoms with Crippen LogP contribution < -0.4 is 0 Å². The Bertz CT molecular complexity index is 356. The van der Waals surface area contributed by atoms with Crippen LogP contribution in [-0.2, 0) is 4.74 Å². The van der Waals surface area contributed by atoms with Crippen LogP contribution in [0.25, 0.3) is 0 Å². The van der Waals surface area contributed by atoms with Gasteiger partial charge in [0, 0.05) is 13.0 Å². The fourth-order valence-corrected chi connectivity index (χ4v) is 3.99. The van der Waals surface area contributed by atoms with Gasteiger partial charge in [-0.05, 0) is 38.3 Å². The van der Waals surface area contributed by atoms with Crippen molar-refractivity contribution in [1.82, 2.24) is 4.90 Å². The minimum Gasteiger partial charge on any atom is -0.391 e. The van der Waals surface area contributed by atoms with Crippen LogP contribution in [0.4, 0.5) is 0 Å². The topological polar surface area (TPSA) is 52.9 Å². The third-order valence-electron chi connectivity index (χ3n) is 5.60. The lowest BCUT2D eigenvalue weighted by atomic mass is 9.89. The molecule has 0 saturated heterocycles. The number of rotatable bonds is 13. The molecular formula is C22H45NO3. The molecule has 1 aliphatic rings. The number of hydrogen-bond donors (Lipinski definition) is 2. The predicted molar refractivity (Wildman–Crippen MR) is 109 cm³/mol. The first-order valence-electron chi connectivity index (χ1n) is 10.9. The van der Waals surface area contributed by atoms with E-state index in [1.165, 1.54) is 44.9 Å². The molecule has 4 nitrogen and oxygen atoms in total. The van der Waals surface area contributed by atoms with Gasteiger partial charge in [-0.15, -0.1) is 0 Å². The molecule has 0 unspecified atom stereocenters. The molecule has 1 rings (SSSR count). The highest BCUT2D eigenvalue weighted by Gasteiger charge is 2.44. The van der Waals surface area contributed by atoms with Crippen LogP contribution in [0.1, 0.15) is 91.9 Å². The Balaban J connectivity index is 2.33. The maximum absolute atomic E-state index is 10.4. The van der Waals surface area contributed by atoms with Gasteiger partial charge >= 0.3 is 0 Å². The average molecular weight is 372 g/mol. The predicted octanol–water partition coefficient (Wildman–Crippen LogP) is 4.37. The van der Waals surface area contributed by atoms with Gasteiger partial charge in [0.05, 0.1) is 18.2 Å². The summed E-state index contributed by atoms with van der Waals surface area (Å²) in [5.41, 5.74) is 0.410. The number of hydrogen-bond acceptors (Lipinski definition) is 4. The number of unbranched alkanes of at least 4 members (excludes halogenated alkanes) is 6. The summed E-state index contributed by atoms with van der Waals surface area (Å²) in [5.74, 6) is 0. The molecule has 1 saturated carbocycles. The number of aliphatic hydroxyl groups is 2. The number of ether oxygens (including phenoxy) is 1. The first-order chi connectivity index (χ1) is 12.3. The third-order valence-corrected chi connectivity index (χ3v) is 5.60. The smallest absolute Gasteiger partial charge is 0.101 e. The minimum atomic E-state index is -0.547. The van der Waals surface area contributed by atoms with Crippen LogP contribution in [0, 0.1) is 5.41 Å². The molecule has 4 atom stereocenters. The zero-order chi connectivity index (χ0) is 19.6. The van der Waals surface area contributed by atoms with E-state index in [-0.39, 0.29) is 12.1 Å². The maximum atomic E-state index is 10.4. The SMILES string of the molecule is CCCCCCCO[C@@H]1[C@@H](N(C)CCCCCC(C)(C)C)[C@H](O)C[C@@H]1O. The monoisotopic (exact) mass is 371 g/mol. The molecule has 0 spiro atoms. The second-order valence-corrected chi connectivity index (χ2v) is 9.46. The Labute approximate surface area is 162 Å². The van der Waals surface area contributed by atoms with E-state index in [9.17, 15) is 10.2 Å². The Morgan fingerprint density at radius 3 is 2.23 bits per heavy atom. The van der Waals surface area contributed by atoms with E-state index in [1.807, 2.05) is 0 Å². The van der Waals surface area contributed by atoms with E-state index < -0.39 is 12.2 Å². The Hall–Kier alpha value is -0.160. The third kappa shape index (κ3) is 9.16. The molecule has 1 fully saturated rings. The molecule has 4 heteroatoms. The summed E-state index contributed by atoms with van der Waals surface area (Å²) in [5, 5.41) is 20.7. The van der Waals surface area contributed by atoms with Gasteiger partial charge < -0.3 is 14.9 Å². The lowest BCUT2D eigenvalue weighted by molar-refractivity contribution is -0.0589. The zero-order valence-electron chi connectivity index (χ0n) is 18.0. The van der Waals surface area contributed by atoms with Gasteiger partial charge in [-0.25, -0.2) is 0 Å². The van der Waals surface area contributed by atoms with Crippen LogP contribution in [0.15, 0.2) is 0 Å². The van der Waals surface area contributed by atoms with Crippen molar-refractivity contribution in [2.24, 2.45) is 5.41 Å². The normalized spacial score (nSPS) is 26.8. The lowest BCUT2D eigenvalue weighted by Crippen LogP contribution is -2.47. The summed E-state index contributed by atoms with van der Waals surface area (Å²) in [6.45, 7) is 10.7. The maximum Gasteiger partial charge on any atom is 0.101 e. The molecule has 0 aliphatic heterocycles. The van der Waals surface area contributed by atoms with E-state index in [0.29, 0.717) is 18.4 Å². The van der Waals surface area contributed by atoms with Crippen LogP contribution >= 0.6 is 0 Å². The summed E-state index contributed by atoms with van der Waals surface area (Å²) in [6.07, 6.45) is 10.0. The molecule has 0 aromatic carbocycles. The summed E-state index contributed by atoms with van der Waals surface area (Å²) in [4.78, 5) is 2.21. The van der Waals surface area contributed by atoms with E-state index in [4.69, 9.17) is 4.74 Å². The molecule has 26 heavy (non-hydrogen) atoms. The van der Waals surface area contributed by atoms with E-state index in [1.54, 1.807) is 0 Å². The van der Waals surface area contributed by atoms with Gasteiger partial charge in [0.15, 0.2) is 0 Å². The highest BCUT2D eigenvalue weighted by molar-refractivity contribution is 4.98. The van der Waals surface area contributed by atoms with Crippen molar-refractivity contribution in [2.75, 3.05) is 20.2 Å². The van der Waals surface area contributed by atoms with Crippen molar-refractivity contribution in [3.05, 3.63) is 0 Å². The zero-order valence-corrected chi connectivity index (χ0v) is 18.0. The van der Waals surface area contributed by atoms with Crippen molar-refractivity contribution in [1.29, 1.82) is 0 Å². The average Bonchev–Trinajstić information content (AvgIpc) is 2.83. The van der Waals surface area contributed by atoms with Crippen LogP contribution in [-0.4, -0.2) is 59.7 Å². The second-order valence-electron chi connectivity index (χ2n) is 9.46. The molecule has 0 bridgehead atoms. The molecule has 0 radical (unpaired) electrons. The summed E-state index contributed by atoms with van der Waals surface area (Å²) in [7, 11) is 2.06. The Morgan fingerprint density at radius 2 is 1.58 bits per heavy atom. The fraction of sp³-hybridized carbons (Fsp3) is 1.00. The number of aliphatic hydroxyl groups excluding tert-OH is 2. The first-order valence-corrected chi connectivity index (χ1v) is 10.9. The quantitative estimate of drug-likeness (QED) is 0.472. The molecule has 156 valence electrons. The van der Waals surface area contributed by atoms with E-state index in [2.05, 4.69) is 39.6 Å². The molecule has 0 aromatic rings. The van der Waals surface area contributed by atoms with Crippen molar-refractivity contribution >= 4 is 0 Å². The number of nitrogens with zero attached hydrogens (tertiary/aromatic N) is 1. The second kappa shape index (κ2) is 12.3. The minimum absolute atomic E-state index is 0.0803. The van der Waals surface area contributed by atoms with Crippen LogP contribution in [0.2, 0.25) is 0 Å². The number of likely N-dealkylation sites (N-methyl/N-ethyl adjacent to an activating group) is 1. The van der Waals surface area contributed by atoms with Gasteiger partial charge in [-0.3, -0.25) is 4.90 Å². The Kier molecular flexibility index (Phi) is 11.3. The molecular weight excluding hydrogens is 326 g/mol. The first kappa shape index (κ1) is 23.9. The highest BCUT2D eigenvalue weighted by atomic mass is 16.5. The van der Waals surface area contributed by atoms with Gasteiger partial charge in [0.25, 0.3) is 0 Å². The molecule has 0 heterocycles. The van der Waals surface area contributed by atoms with Crippen molar-refractivity contribution in [3.8, 4) is 0 Å². The largest absolute Gasteiger partial charge is 0.391 e. The van der Waals surface area contributed by atoms with Crippen molar-refractivity contribution < 1.29 is 14.9 Å². The molecule has 1 aliphatic carbocycles. The summed E-state index contributed by atoms with van der Waals surface area (Å²) >= 11 is 0. The van der Waals surface area contributed by atoms with Crippen LogP contribution in [0.5, 0.6) is 0 Å². The van der Waals surface area contributed by atoms with E-state index in [0.717, 1.165) is 19.4 Å². The van der Waals surface area contributed by atoms with Crippen LogP contribution in [0.3, 0.4) is 0 Å². The lowest BCUT2D eigenvalue weighted by Gasteiger charge is -2.32. The Morgan fingerprint density at radius 1 is 0.923 bits per heavy atom. The van der Waals surface area contributed by atoms with Gasteiger partial charge in [0.2, 0.25) is 0 Å². The summed E-state index contributed by atoms with van der Waals surface area (Å²) < 4.78 is 6.02. The van der Waals surface area contributed by atoms with Gasteiger partial charge in [-0.1, -0.05) is 66.2 Å². The van der Waals surface area contributed by atoms with Crippen molar-refractivity contribution in [2.45, 2.75) is 116 Å². The van der Waals surface area contributed by atoms with Crippen molar-refractivity contribution in [3.63, 3.8) is 0 Å². The molecule has 0 amide bonds. The standard InChI is InChI=1S/C22H45NO3/c1-6-7-8-9-13-16-26-21-19(25)17-18(24)20(21)23(5)15-12-10-11-14-22(2,3)4/h18-21,24-25H,6-17H2,1-5H3/t18-,19+,20+,21+/m1/s1. The molecule has 0 aromatic heterocycles.